The summed E-state index contributed by atoms with van der Waals surface area (Å²) in [6.45, 7) is 17.1. The predicted molar refractivity (Wildman–Crippen MR) is 242 cm³/mol. The molecule has 57 heavy (non-hydrogen) atoms. The third-order valence-electron chi connectivity index (χ3n) is 10.5. The van der Waals surface area contributed by atoms with Gasteiger partial charge >= 0.3 is 0 Å². The second-order valence-electron chi connectivity index (χ2n) is 16.2. The van der Waals surface area contributed by atoms with Crippen LogP contribution in [-0.2, 0) is 33.2 Å². The van der Waals surface area contributed by atoms with E-state index in [2.05, 4.69) is 41.5 Å². The SMILES string of the molecule is CCCCCCCCCCCCCC(OCCCC)=C(COCOCOCC(OCCCC)=C(CCCCCCCCCCCCC)OCCCC)OCCCC. The van der Waals surface area contributed by atoms with E-state index < -0.39 is 0 Å². The molecule has 0 aromatic carbocycles. The molecule has 0 fully saturated rings. The molecule has 0 amide bonds. The molecule has 0 saturated carbocycles. The van der Waals surface area contributed by atoms with Gasteiger partial charge in [-0.3, -0.25) is 0 Å². The normalized spacial score (nSPS) is 12.5. The first-order valence-electron chi connectivity index (χ1n) is 24.9. The van der Waals surface area contributed by atoms with Gasteiger partial charge < -0.3 is 33.2 Å². The van der Waals surface area contributed by atoms with E-state index >= 15 is 0 Å². The molecule has 0 aliphatic carbocycles. The maximum Gasteiger partial charge on any atom is 0.159 e. The molecule has 340 valence electrons. The van der Waals surface area contributed by atoms with Crippen molar-refractivity contribution >= 4 is 0 Å². The van der Waals surface area contributed by atoms with Crippen molar-refractivity contribution < 1.29 is 33.2 Å². The Morgan fingerprint density at radius 2 is 0.491 bits per heavy atom. The highest BCUT2D eigenvalue weighted by Crippen LogP contribution is 2.22. The number of allylic oxidation sites excluding steroid dienone is 2. The summed E-state index contributed by atoms with van der Waals surface area (Å²) >= 11 is 0. The summed E-state index contributed by atoms with van der Waals surface area (Å²) in [5.74, 6) is 3.56. The van der Waals surface area contributed by atoms with Gasteiger partial charge in [-0.2, -0.15) is 0 Å². The molecular weight excluding hydrogens is 713 g/mol. The van der Waals surface area contributed by atoms with E-state index in [0.717, 1.165) is 100 Å². The number of hydrogen-bond donors (Lipinski definition) is 0. The summed E-state index contributed by atoms with van der Waals surface area (Å²) in [5, 5.41) is 0. The lowest BCUT2D eigenvalue weighted by molar-refractivity contribution is -0.132. The van der Waals surface area contributed by atoms with Crippen molar-refractivity contribution in [2.24, 2.45) is 0 Å². The van der Waals surface area contributed by atoms with Gasteiger partial charge in [0.05, 0.1) is 26.4 Å². The summed E-state index contributed by atoms with van der Waals surface area (Å²) in [6, 6.07) is 0. The van der Waals surface area contributed by atoms with E-state index in [9.17, 15) is 0 Å². The van der Waals surface area contributed by atoms with E-state index in [1.807, 2.05) is 0 Å². The molecule has 0 aliphatic rings. The lowest BCUT2D eigenvalue weighted by Crippen LogP contribution is -2.14. The quantitative estimate of drug-likeness (QED) is 0.0344. The number of unbranched alkanes of at least 4 members (excludes halogenated alkanes) is 24. The van der Waals surface area contributed by atoms with Crippen molar-refractivity contribution in [2.45, 2.75) is 247 Å². The summed E-state index contributed by atoms with van der Waals surface area (Å²) in [7, 11) is 0. The minimum atomic E-state index is 0.121. The fourth-order valence-electron chi connectivity index (χ4n) is 6.67. The van der Waals surface area contributed by atoms with Crippen LogP contribution in [0.25, 0.3) is 0 Å². The molecular formula is C50H98O7. The highest BCUT2D eigenvalue weighted by atomic mass is 16.7. The van der Waals surface area contributed by atoms with Crippen LogP contribution in [-0.4, -0.2) is 53.2 Å². The molecule has 0 aromatic rings. The number of hydrogen-bond acceptors (Lipinski definition) is 7. The van der Waals surface area contributed by atoms with Crippen molar-refractivity contribution in [1.29, 1.82) is 0 Å². The second kappa shape index (κ2) is 47.2. The minimum Gasteiger partial charge on any atom is -0.494 e. The Balaban J connectivity index is 5.04. The van der Waals surface area contributed by atoms with E-state index in [-0.39, 0.29) is 13.6 Å². The monoisotopic (exact) mass is 811 g/mol. The smallest absolute Gasteiger partial charge is 0.159 e. The van der Waals surface area contributed by atoms with Gasteiger partial charge in [0, 0.05) is 12.8 Å². The van der Waals surface area contributed by atoms with Crippen molar-refractivity contribution in [3.63, 3.8) is 0 Å². The van der Waals surface area contributed by atoms with Gasteiger partial charge in [0.1, 0.15) is 38.3 Å². The first-order chi connectivity index (χ1) is 28.2. The van der Waals surface area contributed by atoms with Crippen LogP contribution >= 0.6 is 0 Å². The average molecular weight is 811 g/mol. The van der Waals surface area contributed by atoms with Gasteiger partial charge in [-0.25, -0.2) is 0 Å². The Labute approximate surface area is 355 Å². The van der Waals surface area contributed by atoms with Crippen LogP contribution in [0.5, 0.6) is 0 Å². The molecule has 0 radical (unpaired) electrons. The average Bonchev–Trinajstić information content (AvgIpc) is 3.22. The molecule has 0 heterocycles. The first kappa shape index (κ1) is 55.6. The molecule has 0 rings (SSSR count). The van der Waals surface area contributed by atoms with E-state index in [4.69, 9.17) is 33.2 Å². The topological polar surface area (TPSA) is 64.6 Å². The summed E-state index contributed by atoms with van der Waals surface area (Å²) in [4.78, 5) is 0. The van der Waals surface area contributed by atoms with Crippen molar-refractivity contribution in [2.75, 3.05) is 53.2 Å². The van der Waals surface area contributed by atoms with Gasteiger partial charge in [0.15, 0.2) is 11.5 Å². The number of ether oxygens (including phenoxy) is 7. The van der Waals surface area contributed by atoms with Crippen molar-refractivity contribution in [1.82, 2.24) is 0 Å². The molecule has 0 aromatic heterocycles. The Morgan fingerprint density at radius 3 is 0.772 bits per heavy atom. The molecule has 0 spiro atoms. The van der Waals surface area contributed by atoms with Gasteiger partial charge in [-0.1, -0.05) is 196 Å². The highest BCUT2D eigenvalue weighted by molar-refractivity contribution is 5.03. The van der Waals surface area contributed by atoms with Crippen LogP contribution in [0.4, 0.5) is 0 Å². The standard InChI is InChI=1S/C50H98O7/c1-7-13-19-21-23-25-27-29-31-33-35-37-47(54-39-15-9-3)49(56-41-17-11-5)43-51-45-53-46-52-44-50(57-42-18-12-6)48(55-40-16-10-4)38-36-34-32-30-28-26-24-22-20-14-8-2/h7-46H2,1-6H3. The van der Waals surface area contributed by atoms with Gasteiger partial charge in [0.2, 0.25) is 0 Å². The molecule has 0 atom stereocenters. The largest absolute Gasteiger partial charge is 0.494 e. The van der Waals surface area contributed by atoms with Crippen LogP contribution in [0.1, 0.15) is 247 Å². The second-order valence-corrected chi connectivity index (χ2v) is 16.2. The van der Waals surface area contributed by atoms with Crippen molar-refractivity contribution in [3.8, 4) is 0 Å². The Kier molecular flexibility index (Phi) is 46.0. The molecule has 7 heteroatoms. The van der Waals surface area contributed by atoms with Gasteiger partial charge in [0.25, 0.3) is 0 Å². The fourth-order valence-corrected chi connectivity index (χ4v) is 6.67. The first-order valence-corrected chi connectivity index (χ1v) is 24.9. The third kappa shape index (κ3) is 38.5. The lowest BCUT2D eigenvalue weighted by Gasteiger charge is -2.19. The minimum absolute atomic E-state index is 0.121. The fraction of sp³-hybridized carbons (Fsp3) is 0.920. The maximum absolute atomic E-state index is 6.34. The zero-order chi connectivity index (χ0) is 41.5. The molecule has 0 N–H and O–H groups in total. The van der Waals surface area contributed by atoms with Crippen LogP contribution in [0, 0.1) is 0 Å². The number of rotatable bonds is 48. The van der Waals surface area contributed by atoms with Crippen LogP contribution in [0.15, 0.2) is 23.0 Å². The van der Waals surface area contributed by atoms with E-state index in [1.165, 1.54) is 128 Å². The zero-order valence-electron chi connectivity index (χ0n) is 39.1. The highest BCUT2D eigenvalue weighted by Gasteiger charge is 2.14. The molecule has 7 nitrogen and oxygen atoms in total. The van der Waals surface area contributed by atoms with E-state index in [1.54, 1.807) is 0 Å². The summed E-state index contributed by atoms with van der Waals surface area (Å²) in [5.41, 5.74) is 0. The maximum atomic E-state index is 6.34. The molecule has 0 aliphatic heterocycles. The molecule has 0 bridgehead atoms. The van der Waals surface area contributed by atoms with Gasteiger partial charge in [-0.05, 0) is 38.5 Å². The van der Waals surface area contributed by atoms with Crippen LogP contribution in [0.3, 0.4) is 0 Å². The summed E-state index contributed by atoms with van der Waals surface area (Å²) < 4.78 is 43.1. The Hall–Kier alpha value is -1.44. The Bertz CT molecular complexity index is 790. The van der Waals surface area contributed by atoms with Gasteiger partial charge in [-0.15, -0.1) is 0 Å². The molecule has 0 unspecified atom stereocenters. The third-order valence-corrected chi connectivity index (χ3v) is 10.5. The molecule has 0 saturated heterocycles. The summed E-state index contributed by atoms with van der Waals surface area (Å²) in [6.07, 6.45) is 39.5. The predicted octanol–water partition coefficient (Wildman–Crippen LogP) is 16.0. The zero-order valence-corrected chi connectivity index (χ0v) is 39.1. The lowest BCUT2D eigenvalue weighted by atomic mass is 10.0. The van der Waals surface area contributed by atoms with Crippen LogP contribution < -0.4 is 0 Å². The Morgan fingerprint density at radius 1 is 0.246 bits per heavy atom. The van der Waals surface area contributed by atoms with E-state index in [0.29, 0.717) is 39.6 Å². The van der Waals surface area contributed by atoms with Crippen molar-refractivity contribution in [3.05, 3.63) is 23.0 Å². The van der Waals surface area contributed by atoms with Crippen LogP contribution in [0.2, 0.25) is 0 Å².